The van der Waals surface area contributed by atoms with Gasteiger partial charge in [-0.25, -0.2) is 0 Å². The number of benzene rings is 3. The Morgan fingerprint density at radius 2 is 1.12 bits per heavy atom. The topological polar surface area (TPSA) is 46.2 Å². The molecule has 25 heavy (non-hydrogen) atoms. The minimum absolute atomic E-state index is 0.123. The van der Waals surface area contributed by atoms with Crippen LogP contribution < -0.4 is 4.72 Å². The fourth-order valence-corrected chi connectivity index (χ4v) is 3.26. The number of carbonyl (C=O) groups is 2. The Morgan fingerprint density at radius 1 is 0.680 bits per heavy atom. The number of hydrogen-bond donors (Lipinski definition) is 1. The summed E-state index contributed by atoms with van der Waals surface area (Å²) in [5.74, 6) is -0.706. The van der Waals surface area contributed by atoms with E-state index >= 15 is 0 Å². The lowest BCUT2D eigenvalue weighted by atomic mass is 9.92. The molecule has 3 nitrogen and oxygen atoms in total. The average molecular weight is 347 g/mol. The monoisotopic (exact) mass is 347 g/mol. The van der Waals surface area contributed by atoms with E-state index < -0.39 is 5.92 Å². The smallest absolute Gasteiger partial charge is 0.261 e. The number of hydrogen-bond acceptors (Lipinski definition) is 3. The normalized spacial score (nSPS) is 10.4. The second-order valence-electron chi connectivity index (χ2n) is 5.47. The molecule has 0 bridgehead atoms. The quantitative estimate of drug-likeness (QED) is 0.711. The Hall–Kier alpha value is -2.85. The Balaban J connectivity index is 1.77. The standard InChI is InChI=1S/C21H17NO2S/c23-20(18-14-8-3-9-15-18)22-25-21(24)19(16-10-4-1-5-11-16)17-12-6-2-7-13-17/h1-15,19H,(H,22,23). The van der Waals surface area contributed by atoms with Gasteiger partial charge >= 0.3 is 0 Å². The van der Waals surface area contributed by atoms with Gasteiger partial charge in [0.2, 0.25) is 5.12 Å². The van der Waals surface area contributed by atoms with Gasteiger partial charge in [-0.3, -0.25) is 14.3 Å². The number of carbonyl (C=O) groups excluding carboxylic acids is 2. The Bertz CT molecular complexity index is 796. The average Bonchev–Trinajstić information content (AvgIpc) is 2.69. The van der Waals surface area contributed by atoms with Crippen LogP contribution in [0.2, 0.25) is 0 Å². The van der Waals surface area contributed by atoms with Crippen LogP contribution in [0.4, 0.5) is 0 Å². The van der Waals surface area contributed by atoms with Crippen molar-refractivity contribution >= 4 is 23.0 Å². The molecule has 0 unspecified atom stereocenters. The minimum atomic E-state index is -0.427. The first-order valence-electron chi connectivity index (χ1n) is 7.91. The van der Waals surface area contributed by atoms with E-state index in [0.29, 0.717) is 5.56 Å². The van der Waals surface area contributed by atoms with Crippen LogP contribution in [0, 0.1) is 0 Å². The molecule has 124 valence electrons. The third kappa shape index (κ3) is 4.37. The summed E-state index contributed by atoms with van der Waals surface area (Å²) in [4.78, 5) is 25.0. The first-order chi connectivity index (χ1) is 12.3. The highest BCUT2D eigenvalue weighted by molar-refractivity contribution is 8.12. The van der Waals surface area contributed by atoms with Crippen molar-refractivity contribution in [2.24, 2.45) is 0 Å². The van der Waals surface area contributed by atoms with E-state index in [4.69, 9.17) is 0 Å². The van der Waals surface area contributed by atoms with Crippen molar-refractivity contribution < 1.29 is 9.59 Å². The summed E-state index contributed by atoms with van der Waals surface area (Å²) in [5, 5.41) is -0.123. The van der Waals surface area contributed by atoms with Crippen molar-refractivity contribution in [1.29, 1.82) is 0 Å². The second kappa shape index (κ2) is 8.31. The van der Waals surface area contributed by atoms with Crippen molar-refractivity contribution in [2.45, 2.75) is 5.92 Å². The van der Waals surface area contributed by atoms with Gasteiger partial charge in [-0.1, -0.05) is 78.9 Å². The summed E-state index contributed by atoms with van der Waals surface area (Å²) in [7, 11) is 0. The van der Waals surface area contributed by atoms with Crippen LogP contribution >= 0.6 is 11.9 Å². The molecule has 0 heterocycles. The van der Waals surface area contributed by atoms with Gasteiger partial charge in [0.15, 0.2) is 0 Å². The van der Waals surface area contributed by atoms with Gasteiger partial charge < -0.3 is 0 Å². The van der Waals surface area contributed by atoms with Crippen molar-refractivity contribution in [1.82, 2.24) is 4.72 Å². The number of amides is 1. The first-order valence-corrected chi connectivity index (χ1v) is 8.73. The highest BCUT2D eigenvalue weighted by Crippen LogP contribution is 2.29. The van der Waals surface area contributed by atoms with Crippen molar-refractivity contribution in [2.75, 3.05) is 0 Å². The lowest BCUT2D eigenvalue weighted by molar-refractivity contribution is -0.111. The molecule has 4 heteroatoms. The fraction of sp³-hybridized carbons (Fsp3) is 0.0476. The van der Waals surface area contributed by atoms with Gasteiger partial charge in [0.1, 0.15) is 0 Å². The molecule has 3 aromatic carbocycles. The highest BCUT2D eigenvalue weighted by atomic mass is 32.2. The molecule has 3 aromatic rings. The van der Waals surface area contributed by atoms with Crippen LogP contribution in [0.1, 0.15) is 27.4 Å². The summed E-state index contributed by atoms with van der Waals surface area (Å²) in [6.45, 7) is 0. The first kappa shape index (κ1) is 17.0. The summed E-state index contributed by atoms with van der Waals surface area (Å²) in [5.41, 5.74) is 2.33. The van der Waals surface area contributed by atoms with Gasteiger partial charge in [0.05, 0.1) is 5.92 Å². The molecule has 0 spiro atoms. The molecule has 1 amide bonds. The van der Waals surface area contributed by atoms with Gasteiger partial charge in [-0.15, -0.1) is 0 Å². The zero-order valence-corrected chi connectivity index (χ0v) is 14.3. The summed E-state index contributed by atoms with van der Waals surface area (Å²) in [6, 6.07) is 28.0. The van der Waals surface area contributed by atoms with Crippen LogP contribution in [0.15, 0.2) is 91.0 Å². The molecular formula is C21H17NO2S. The van der Waals surface area contributed by atoms with Gasteiger partial charge in [-0.05, 0) is 23.3 Å². The Kier molecular flexibility index (Phi) is 5.65. The molecule has 0 aromatic heterocycles. The van der Waals surface area contributed by atoms with E-state index in [1.165, 1.54) is 0 Å². The zero-order chi connectivity index (χ0) is 17.5. The largest absolute Gasteiger partial charge is 0.289 e. The fourth-order valence-electron chi connectivity index (χ4n) is 2.56. The van der Waals surface area contributed by atoms with Crippen LogP contribution in [0.3, 0.4) is 0 Å². The molecule has 0 aliphatic carbocycles. The SMILES string of the molecule is O=C(NSC(=O)C(c1ccccc1)c1ccccc1)c1ccccc1. The third-order valence-electron chi connectivity index (χ3n) is 3.78. The van der Waals surface area contributed by atoms with E-state index in [2.05, 4.69) is 4.72 Å². The molecule has 0 aliphatic rings. The van der Waals surface area contributed by atoms with Crippen LogP contribution in [-0.2, 0) is 4.79 Å². The molecule has 0 aliphatic heterocycles. The minimum Gasteiger partial charge on any atom is -0.289 e. The van der Waals surface area contributed by atoms with Crippen LogP contribution in [0.25, 0.3) is 0 Å². The third-order valence-corrected chi connectivity index (χ3v) is 4.51. The highest BCUT2D eigenvalue weighted by Gasteiger charge is 2.24. The molecule has 0 radical (unpaired) electrons. The van der Waals surface area contributed by atoms with Crippen LogP contribution in [-0.4, -0.2) is 11.0 Å². The predicted octanol–water partition coefficient (Wildman–Crippen LogP) is 4.42. The Labute approximate surface area is 151 Å². The summed E-state index contributed by atoms with van der Waals surface area (Å²) in [6.07, 6.45) is 0. The number of rotatable bonds is 4. The van der Waals surface area contributed by atoms with E-state index in [1.54, 1.807) is 24.3 Å². The van der Waals surface area contributed by atoms with Gasteiger partial charge in [0, 0.05) is 17.5 Å². The lowest BCUT2D eigenvalue weighted by Crippen LogP contribution is -2.21. The molecule has 0 saturated carbocycles. The van der Waals surface area contributed by atoms with Gasteiger partial charge in [-0.2, -0.15) is 0 Å². The van der Waals surface area contributed by atoms with E-state index in [9.17, 15) is 9.59 Å². The summed E-state index contributed by atoms with van der Waals surface area (Å²) < 4.78 is 2.65. The number of nitrogens with one attached hydrogen (secondary N) is 1. The maximum Gasteiger partial charge on any atom is 0.261 e. The molecule has 0 saturated heterocycles. The molecule has 1 N–H and O–H groups in total. The zero-order valence-electron chi connectivity index (χ0n) is 13.5. The van der Waals surface area contributed by atoms with E-state index in [0.717, 1.165) is 23.1 Å². The van der Waals surface area contributed by atoms with E-state index in [1.807, 2.05) is 66.7 Å². The second-order valence-corrected chi connectivity index (χ2v) is 6.28. The predicted molar refractivity (Wildman–Crippen MR) is 101 cm³/mol. The van der Waals surface area contributed by atoms with Crippen molar-refractivity contribution in [3.05, 3.63) is 108 Å². The van der Waals surface area contributed by atoms with Crippen LogP contribution in [0.5, 0.6) is 0 Å². The molecule has 0 fully saturated rings. The lowest BCUT2D eigenvalue weighted by Gasteiger charge is -2.16. The Morgan fingerprint density at radius 3 is 1.60 bits per heavy atom. The maximum absolute atomic E-state index is 12.8. The van der Waals surface area contributed by atoms with Gasteiger partial charge in [0.25, 0.3) is 5.91 Å². The van der Waals surface area contributed by atoms with E-state index in [-0.39, 0.29) is 11.0 Å². The summed E-state index contributed by atoms with van der Waals surface area (Å²) >= 11 is 0.839. The molecule has 3 rings (SSSR count). The van der Waals surface area contributed by atoms with Crippen molar-refractivity contribution in [3.63, 3.8) is 0 Å². The maximum atomic E-state index is 12.8. The van der Waals surface area contributed by atoms with Crippen molar-refractivity contribution in [3.8, 4) is 0 Å². The molecular weight excluding hydrogens is 330 g/mol. The molecule has 0 atom stereocenters.